The Bertz CT molecular complexity index is 761. The zero-order valence-corrected chi connectivity index (χ0v) is 18.8. The van der Waals surface area contributed by atoms with Crippen LogP contribution < -0.4 is 0 Å². The largest absolute Gasteiger partial charge is 0.458 e. The second kappa shape index (κ2) is 6.43. The van der Waals surface area contributed by atoms with Crippen LogP contribution in [0.2, 0.25) is 0 Å². The highest BCUT2D eigenvalue weighted by Gasteiger charge is 2.69. The lowest BCUT2D eigenvalue weighted by Gasteiger charge is -2.60. The summed E-state index contributed by atoms with van der Waals surface area (Å²) < 4.78 is 5.64. The first-order valence-corrected chi connectivity index (χ1v) is 11.3. The minimum Gasteiger partial charge on any atom is -0.458 e. The van der Waals surface area contributed by atoms with Gasteiger partial charge in [-0.05, 0) is 88.9 Å². The van der Waals surface area contributed by atoms with E-state index in [1.165, 1.54) is 11.1 Å². The Morgan fingerprint density at radius 3 is 2.55 bits per heavy atom. The molecule has 29 heavy (non-hydrogen) atoms. The van der Waals surface area contributed by atoms with Gasteiger partial charge in [0.15, 0.2) is 5.60 Å². The van der Waals surface area contributed by atoms with Crippen molar-refractivity contribution in [1.29, 1.82) is 0 Å². The number of hydrogen-bond acceptors (Lipinski definition) is 4. The Kier molecular flexibility index (Phi) is 4.68. The summed E-state index contributed by atoms with van der Waals surface area (Å²) in [5.41, 5.74) is -0.165. The highest BCUT2D eigenvalue weighted by atomic mass is 16.6. The topological polar surface area (TPSA) is 66.8 Å². The van der Waals surface area contributed by atoms with E-state index in [1.807, 2.05) is 27.7 Å². The van der Waals surface area contributed by atoms with Crippen molar-refractivity contribution in [2.24, 2.45) is 28.6 Å². The molecule has 0 heterocycles. The Hall–Kier alpha value is -1.13. The Morgan fingerprint density at radius 2 is 1.90 bits per heavy atom. The number of aliphatic hydroxyl groups is 2. The number of fused-ring (bicyclic) bond motifs is 5. The first kappa shape index (κ1) is 21.1. The van der Waals surface area contributed by atoms with Crippen molar-refractivity contribution in [2.45, 2.75) is 96.9 Å². The van der Waals surface area contributed by atoms with Crippen LogP contribution in [0.15, 0.2) is 23.8 Å². The molecule has 0 aromatic heterocycles. The molecule has 4 heteroatoms. The summed E-state index contributed by atoms with van der Waals surface area (Å²) in [5.74, 6) is 0.234. The summed E-state index contributed by atoms with van der Waals surface area (Å²) in [6.45, 7) is 14.0. The Labute approximate surface area is 175 Å². The maximum atomic E-state index is 13.1. The standard InChI is InChI=1S/C25H38O4/c1-15-9-11-23(5)16(13-15)7-8-17-18-10-12-25(28,21(27)29-22(2,3)4)24(18,6)14-19(26)20(17)23/h13,17-20,26,28H,1,7-12,14H2,2-6H3/t17?,18?,19-,20?,23-,24-,25-/m1/s1. The molecule has 0 amide bonds. The van der Waals surface area contributed by atoms with Gasteiger partial charge in [-0.15, -0.1) is 0 Å². The molecular formula is C25H38O4. The van der Waals surface area contributed by atoms with Crippen molar-refractivity contribution in [1.82, 2.24) is 0 Å². The highest BCUT2D eigenvalue weighted by Crippen LogP contribution is 2.67. The SMILES string of the molecule is C=C1C=C2CCC3C([C@H](O)C[C@]4(C)C3CC[C@@]4(O)C(=O)OC(C)(C)C)[C@]2(C)CC1. The van der Waals surface area contributed by atoms with Gasteiger partial charge in [-0.25, -0.2) is 4.79 Å². The predicted molar refractivity (Wildman–Crippen MR) is 113 cm³/mol. The summed E-state index contributed by atoms with van der Waals surface area (Å²) >= 11 is 0. The number of hydrogen-bond donors (Lipinski definition) is 2. The zero-order valence-electron chi connectivity index (χ0n) is 18.8. The number of carbonyl (C=O) groups excluding carboxylic acids is 1. The van der Waals surface area contributed by atoms with Gasteiger partial charge in [0.05, 0.1) is 6.10 Å². The number of aliphatic hydroxyl groups excluding tert-OH is 1. The monoisotopic (exact) mass is 402 g/mol. The third-order valence-corrected chi connectivity index (χ3v) is 8.90. The Morgan fingerprint density at radius 1 is 1.21 bits per heavy atom. The van der Waals surface area contributed by atoms with Crippen LogP contribution in [0, 0.1) is 28.6 Å². The normalized spacial score (nSPS) is 47.0. The fourth-order valence-corrected chi connectivity index (χ4v) is 7.48. The fourth-order valence-electron chi connectivity index (χ4n) is 7.48. The molecule has 0 aromatic carbocycles. The van der Waals surface area contributed by atoms with E-state index in [2.05, 4.69) is 19.6 Å². The molecular weight excluding hydrogens is 364 g/mol. The molecule has 3 saturated carbocycles. The van der Waals surface area contributed by atoms with Gasteiger partial charge in [0.1, 0.15) is 5.60 Å². The quantitative estimate of drug-likeness (QED) is 0.632. The van der Waals surface area contributed by atoms with Gasteiger partial charge in [-0.1, -0.05) is 37.6 Å². The van der Waals surface area contributed by atoms with E-state index in [-0.39, 0.29) is 17.3 Å². The molecule has 4 aliphatic rings. The van der Waals surface area contributed by atoms with Gasteiger partial charge in [-0.3, -0.25) is 0 Å². The maximum Gasteiger partial charge on any atom is 0.339 e. The average Bonchev–Trinajstić information content (AvgIpc) is 2.86. The van der Waals surface area contributed by atoms with E-state index in [0.29, 0.717) is 18.8 Å². The predicted octanol–water partition coefficient (Wildman–Crippen LogP) is 4.55. The van der Waals surface area contributed by atoms with E-state index in [0.717, 1.165) is 32.1 Å². The molecule has 162 valence electrons. The zero-order chi connectivity index (χ0) is 21.4. The smallest absolute Gasteiger partial charge is 0.339 e. The number of carbonyl (C=O) groups is 1. The summed E-state index contributed by atoms with van der Waals surface area (Å²) in [4.78, 5) is 13.1. The summed E-state index contributed by atoms with van der Waals surface area (Å²) in [6, 6.07) is 0. The molecule has 4 rings (SSSR count). The third kappa shape index (κ3) is 2.96. The number of allylic oxidation sites excluding steroid dienone is 3. The van der Waals surface area contributed by atoms with Crippen LogP contribution in [0.25, 0.3) is 0 Å². The average molecular weight is 403 g/mol. The van der Waals surface area contributed by atoms with E-state index in [9.17, 15) is 15.0 Å². The molecule has 4 nitrogen and oxygen atoms in total. The second-order valence-electron chi connectivity index (χ2n) is 11.7. The minimum atomic E-state index is -1.52. The maximum absolute atomic E-state index is 13.1. The van der Waals surface area contributed by atoms with Gasteiger partial charge in [0.2, 0.25) is 0 Å². The highest BCUT2D eigenvalue weighted by molar-refractivity contribution is 5.81. The summed E-state index contributed by atoms with van der Waals surface area (Å²) in [6.07, 6.45) is 7.52. The lowest BCUT2D eigenvalue weighted by atomic mass is 9.45. The van der Waals surface area contributed by atoms with Gasteiger partial charge in [0.25, 0.3) is 0 Å². The van der Waals surface area contributed by atoms with E-state index >= 15 is 0 Å². The minimum absolute atomic E-state index is 0.00250. The van der Waals surface area contributed by atoms with Crippen LogP contribution in [-0.4, -0.2) is 33.5 Å². The van der Waals surface area contributed by atoms with Crippen molar-refractivity contribution in [3.05, 3.63) is 23.8 Å². The van der Waals surface area contributed by atoms with Gasteiger partial charge < -0.3 is 14.9 Å². The fraction of sp³-hybridized carbons (Fsp3) is 0.800. The lowest BCUT2D eigenvalue weighted by molar-refractivity contribution is -0.207. The number of rotatable bonds is 1. The molecule has 2 N–H and O–H groups in total. The molecule has 0 radical (unpaired) electrons. The molecule has 4 aliphatic carbocycles. The van der Waals surface area contributed by atoms with Crippen LogP contribution in [0.4, 0.5) is 0 Å². The summed E-state index contributed by atoms with van der Waals surface area (Å²) in [5, 5.41) is 23.0. The van der Waals surface area contributed by atoms with E-state index in [1.54, 1.807) is 0 Å². The van der Waals surface area contributed by atoms with Gasteiger partial charge in [0, 0.05) is 5.41 Å². The molecule has 0 saturated heterocycles. The van der Waals surface area contributed by atoms with Gasteiger partial charge in [-0.2, -0.15) is 0 Å². The molecule has 0 aliphatic heterocycles. The third-order valence-electron chi connectivity index (χ3n) is 8.90. The van der Waals surface area contributed by atoms with Crippen LogP contribution in [0.5, 0.6) is 0 Å². The molecule has 0 spiro atoms. The van der Waals surface area contributed by atoms with E-state index in [4.69, 9.17) is 4.74 Å². The first-order valence-electron chi connectivity index (χ1n) is 11.3. The summed E-state index contributed by atoms with van der Waals surface area (Å²) in [7, 11) is 0. The molecule has 7 atom stereocenters. The second-order valence-corrected chi connectivity index (χ2v) is 11.7. The van der Waals surface area contributed by atoms with Crippen molar-refractivity contribution in [3.8, 4) is 0 Å². The van der Waals surface area contributed by atoms with Crippen molar-refractivity contribution < 1.29 is 19.7 Å². The van der Waals surface area contributed by atoms with Crippen molar-refractivity contribution >= 4 is 5.97 Å². The number of esters is 1. The van der Waals surface area contributed by atoms with Crippen LogP contribution in [0.3, 0.4) is 0 Å². The Balaban J connectivity index is 1.68. The first-order chi connectivity index (χ1) is 13.3. The van der Waals surface area contributed by atoms with Crippen LogP contribution in [-0.2, 0) is 9.53 Å². The van der Waals surface area contributed by atoms with Crippen molar-refractivity contribution in [2.75, 3.05) is 0 Å². The molecule has 0 bridgehead atoms. The van der Waals surface area contributed by atoms with Gasteiger partial charge >= 0.3 is 5.97 Å². The number of ether oxygens (including phenoxy) is 1. The van der Waals surface area contributed by atoms with E-state index < -0.39 is 28.7 Å². The lowest BCUT2D eigenvalue weighted by Crippen LogP contribution is -2.62. The molecule has 3 unspecified atom stereocenters. The van der Waals surface area contributed by atoms with Crippen LogP contribution >= 0.6 is 0 Å². The van der Waals surface area contributed by atoms with Crippen molar-refractivity contribution in [3.63, 3.8) is 0 Å². The molecule has 3 fully saturated rings. The van der Waals surface area contributed by atoms with Crippen LogP contribution in [0.1, 0.15) is 79.6 Å². The molecule has 0 aromatic rings.